The first kappa shape index (κ1) is 10.9. The molecule has 5 heteroatoms. The summed E-state index contributed by atoms with van der Waals surface area (Å²) in [5, 5.41) is 0.422. The molecule has 1 aromatic carbocycles. The van der Waals surface area contributed by atoms with Crippen molar-refractivity contribution in [3.05, 3.63) is 34.9 Å². The van der Waals surface area contributed by atoms with E-state index in [1.54, 1.807) is 0 Å². The molecule has 0 aromatic heterocycles. The molecule has 0 saturated carbocycles. The van der Waals surface area contributed by atoms with Crippen LogP contribution < -0.4 is 0 Å². The Kier molecular flexibility index (Phi) is 3.24. The molecule has 0 nitrogen and oxygen atoms in total. The van der Waals surface area contributed by atoms with Crippen LogP contribution in [0.25, 0.3) is 0 Å². The minimum absolute atomic E-state index is 0.150. The van der Waals surface area contributed by atoms with Gasteiger partial charge < -0.3 is 0 Å². The van der Waals surface area contributed by atoms with E-state index < -0.39 is 11.0 Å². The Morgan fingerprint density at radius 2 is 1.62 bits per heavy atom. The maximum absolute atomic E-state index is 12.2. The van der Waals surface area contributed by atoms with Crippen molar-refractivity contribution >= 4 is 27.5 Å². The van der Waals surface area contributed by atoms with Crippen LogP contribution >= 0.6 is 27.5 Å². The molecule has 0 aliphatic heterocycles. The lowest BCUT2D eigenvalue weighted by molar-refractivity contribution is -0.128. The second-order valence-electron chi connectivity index (χ2n) is 2.46. The van der Waals surface area contributed by atoms with Gasteiger partial charge in [-0.2, -0.15) is 13.2 Å². The Hall–Kier alpha value is -0.220. The van der Waals surface area contributed by atoms with Crippen molar-refractivity contribution in [1.29, 1.82) is 0 Å². The summed E-state index contributed by atoms with van der Waals surface area (Å²) >= 11 is 8.10. The van der Waals surface area contributed by atoms with Crippen LogP contribution in [0.2, 0.25) is 5.02 Å². The molecule has 0 N–H and O–H groups in total. The van der Waals surface area contributed by atoms with Crippen LogP contribution in [0.1, 0.15) is 10.4 Å². The summed E-state index contributed by atoms with van der Waals surface area (Å²) in [5.41, 5.74) is 0.150. The third-order valence-electron chi connectivity index (χ3n) is 1.45. The largest absolute Gasteiger partial charge is 0.405 e. The molecular formula is C8H5BrClF3. The first-order valence-electron chi connectivity index (χ1n) is 3.37. The van der Waals surface area contributed by atoms with Crippen molar-refractivity contribution in [1.82, 2.24) is 0 Å². The smallest absolute Gasteiger partial charge is 0.169 e. The molecule has 0 aliphatic rings. The van der Waals surface area contributed by atoms with Gasteiger partial charge in [0.15, 0.2) is 0 Å². The molecule has 0 bridgehead atoms. The van der Waals surface area contributed by atoms with Gasteiger partial charge in [-0.25, -0.2) is 0 Å². The Labute approximate surface area is 86.8 Å². The molecule has 1 aromatic rings. The third-order valence-corrected chi connectivity index (χ3v) is 2.75. The molecule has 1 rings (SSSR count). The standard InChI is InChI=1S/C8H5BrClF3/c9-7(8(11,12)13)5-1-3-6(10)4-2-5/h1-4,7H/t7-/m1/s1. The Morgan fingerprint density at radius 3 is 2.00 bits per heavy atom. The van der Waals surface area contributed by atoms with Gasteiger partial charge in [0, 0.05) is 5.02 Å². The zero-order valence-electron chi connectivity index (χ0n) is 6.28. The SMILES string of the molecule is FC(F)(F)[C@H](Br)c1ccc(Cl)cc1. The molecule has 0 unspecified atom stereocenters. The third kappa shape index (κ3) is 2.88. The van der Waals surface area contributed by atoms with E-state index in [-0.39, 0.29) is 5.56 Å². The maximum atomic E-state index is 12.2. The normalized spacial score (nSPS) is 14.2. The second kappa shape index (κ2) is 3.88. The van der Waals surface area contributed by atoms with E-state index >= 15 is 0 Å². The number of rotatable bonds is 1. The minimum Gasteiger partial charge on any atom is -0.169 e. The Balaban J connectivity index is 2.90. The van der Waals surface area contributed by atoms with E-state index in [0.717, 1.165) is 0 Å². The number of halogens is 5. The molecular weight excluding hydrogens is 268 g/mol. The lowest BCUT2D eigenvalue weighted by atomic mass is 10.1. The predicted octanol–water partition coefficient (Wildman–Crippen LogP) is 4.34. The van der Waals surface area contributed by atoms with Gasteiger partial charge >= 0.3 is 6.18 Å². The predicted molar refractivity (Wildman–Crippen MR) is 49.2 cm³/mol. The van der Waals surface area contributed by atoms with Crippen LogP contribution in [0.5, 0.6) is 0 Å². The van der Waals surface area contributed by atoms with Crippen molar-refractivity contribution in [2.24, 2.45) is 0 Å². The summed E-state index contributed by atoms with van der Waals surface area (Å²) in [6.45, 7) is 0. The summed E-state index contributed by atoms with van der Waals surface area (Å²) in [7, 11) is 0. The Bertz CT molecular complexity index is 280. The van der Waals surface area contributed by atoms with Crippen LogP contribution in [-0.2, 0) is 0 Å². The first-order valence-corrected chi connectivity index (χ1v) is 4.67. The zero-order valence-corrected chi connectivity index (χ0v) is 8.62. The number of hydrogen-bond donors (Lipinski definition) is 0. The average Bonchev–Trinajstić information content (AvgIpc) is 2.03. The summed E-state index contributed by atoms with van der Waals surface area (Å²) in [4.78, 5) is -1.63. The second-order valence-corrected chi connectivity index (χ2v) is 3.81. The molecule has 0 amide bonds. The molecule has 0 fully saturated rings. The Morgan fingerprint density at radius 1 is 1.15 bits per heavy atom. The highest BCUT2D eigenvalue weighted by atomic mass is 79.9. The fraction of sp³-hybridized carbons (Fsp3) is 0.250. The number of alkyl halides is 4. The molecule has 0 radical (unpaired) electrons. The van der Waals surface area contributed by atoms with Gasteiger partial charge in [-0.1, -0.05) is 39.7 Å². The lowest BCUT2D eigenvalue weighted by Gasteiger charge is -2.13. The van der Waals surface area contributed by atoms with Crippen molar-refractivity contribution in [3.8, 4) is 0 Å². The van der Waals surface area contributed by atoms with E-state index in [4.69, 9.17) is 11.6 Å². The minimum atomic E-state index is -4.27. The van der Waals surface area contributed by atoms with Crippen LogP contribution in [0.15, 0.2) is 24.3 Å². The molecule has 0 saturated heterocycles. The zero-order chi connectivity index (χ0) is 10.1. The molecule has 13 heavy (non-hydrogen) atoms. The van der Waals surface area contributed by atoms with E-state index in [0.29, 0.717) is 5.02 Å². The van der Waals surface area contributed by atoms with Crippen LogP contribution in [-0.4, -0.2) is 6.18 Å². The topological polar surface area (TPSA) is 0 Å². The summed E-state index contributed by atoms with van der Waals surface area (Å²) in [6, 6.07) is 5.54. The van der Waals surface area contributed by atoms with Crippen molar-refractivity contribution in [2.45, 2.75) is 11.0 Å². The highest BCUT2D eigenvalue weighted by Gasteiger charge is 2.38. The van der Waals surface area contributed by atoms with E-state index in [9.17, 15) is 13.2 Å². The van der Waals surface area contributed by atoms with Crippen molar-refractivity contribution in [3.63, 3.8) is 0 Å². The van der Waals surface area contributed by atoms with Crippen molar-refractivity contribution < 1.29 is 13.2 Å². The first-order chi connectivity index (χ1) is 5.91. The maximum Gasteiger partial charge on any atom is 0.405 e. The summed E-state index contributed by atoms with van der Waals surface area (Å²) in [6.07, 6.45) is -4.27. The summed E-state index contributed by atoms with van der Waals surface area (Å²) in [5.74, 6) is 0. The molecule has 0 heterocycles. The van der Waals surface area contributed by atoms with Gasteiger partial charge in [0.05, 0.1) is 0 Å². The van der Waals surface area contributed by atoms with E-state index in [1.165, 1.54) is 24.3 Å². The van der Waals surface area contributed by atoms with E-state index in [1.807, 2.05) is 0 Å². The molecule has 72 valence electrons. The fourth-order valence-electron chi connectivity index (χ4n) is 0.821. The van der Waals surface area contributed by atoms with Crippen molar-refractivity contribution in [2.75, 3.05) is 0 Å². The van der Waals surface area contributed by atoms with Gasteiger partial charge in [0.25, 0.3) is 0 Å². The van der Waals surface area contributed by atoms with Gasteiger partial charge in [0.2, 0.25) is 0 Å². The average molecular weight is 273 g/mol. The highest BCUT2D eigenvalue weighted by Crippen LogP contribution is 2.39. The summed E-state index contributed by atoms with van der Waals surface area (Å²) < 4.78 is 36.5. The number of hydrogen-bond acceptors (Lipinski definition) is 0. The molecule has 0 aliphatic carbocycles. The monoisotopic (exact) mass is 272 g/mol. The van der Waals surface area contributed by atoms with Gasteiger partial charge in [-0.05, 0) is 17.7 Å². The van der Waals surface area contributed by atoms with Crippen LogP contribution in [0.3, 0.4) is 0 Å². The molecule has 1 atom stereocenters. The van der Waals surface area contributed by atoms with Gasteiger partial charge in [-0.3, -0.25) is 0 Å². The highest BCUT2D eigenvalue weighted by molar-refractivity contribution is 9.09. The lowest BCUT2D eigenvalue weighted by Crippen LogP contribution is -2.14. The quantitative estimate of drug-likeness (QED) is 0.668. The van der Waals surface area contributed by atoms with Gasteiger partial charge in [-0.15, -0.1) is 0 Å². The number of benzene rings is 1. The van der Waals surface area contributed by atoms with E-state index in [2.05, 4.69) is 15.9 Å². The van der Waals surface area contributed by atoms with Crippen LogP contribution in [0.4, 0.5) is 13.2 Å². The van der Waals surface area contributed by atoms with Crippen LogP contribution in [0, 0.1) is 0 Å². The fourth-order valence-corrected chi connectivity index (χ4v) is 1.25. The molecule has 0 spiro atoms. The van der Waals surface area contributed by atoms with Gasteiger partial charge in [0.1, 0.15) is 4.83 Å².